The highest BCUT2D eigenvalue weighted by Gasteiger charge is 2.47. The quantitative estimate of drug-likeness (QED) is 0.594. The summed E-state index contributed by atoms with van der Waals surface area (Å²) in [7, 11) is 1.93. The lowest BCUT2D eigenvalue weighted by Crippen LogP contribution is -2.55. The van der Waals surface area contributed by atoms with Crippen molar-refractivity contribution in [2.24, 2.45) is 0 Å². The number of rotatable bonds is 4. The third-order valence-corrected chi connectivity index (χ3v) is 7.41. The van der Waals surface area contributed by atoms with Crippen LogP contribution in [-0.4, -0.2) is 39.5 Å². The summed E-state index contributed by atoms with van der Waals surface area (Å²) in [5.41, 5.74) is 7.31. The molecule has 3 aromatic rings. The summed E-state index contributed by atoms with van der Waals surface area (Å²) in [6.07, 6.45) is 2.44. The van der Waals surface area contributed by atoms with Crippen LogP contribution in [0, 0.1) is 13.8 Å². The summed E-state index contributed by atoms with van der Waals surface area (Å²) in [6.45, 7) is 5.78. The Morgan fingerprint density at radius 1 is 1.09 bits per heavy atom. The van der Waals surface area contributed by atoms with Crippen molar-refractivity contribution in [3.63, 3.8) is 0 Å². The standard InChI is InChI=1S/C28H29N3O3/c1-16-11-21(18(3)30-24-10-9-17(2)29-25(24)27(33)34)23-15-28(31(4)26(32)22(23)12-16)13-19-7-5-6-8-20(19)14-28/h5-12,18,30H,13-15H2,1-4H3,(H,33,34). The first-order valence-electron chi connectivity index (χ1n) is 11.6. The van der Waals surface area contributed by atoms with E-state index in [2.05, 4.69) is 40.6 Å². The Balaban J connectivity index is 1.55. The van der Waals surface area contributed by atoms with Gasteiger partial charge in [0.25, 0.3) is 5.91 Å². The van der Waals surface area contributed by atoms with Gasteiger partial charge in [-0.2, -0.15) is 0 Å². The van der Waals surface area contributed by atoms with Crippen molar-refractivity contribution in [2.75, 3.05) is 12.4 Å². The van der Waals surface area contributed by atoms with Gasteiger partial charge in [0.1, 0.15) is 0 Å². The van der Waals surface area contributed by atoms with E-state index in [0.717, 1.165) is 41.5 Å². The van der Waals surface area contributed by atoms with Crippen LogP contribution >= 0.6 is 0 Å². The summed E-state index contributed by atoms with van der Waals surface area (Å²) in [4.78, 5) is 31.5. The number of amides is 1. The van der Waals surface area contributed by atoms with E-state index in [9.17, 15) is 14.7 Å². The number of fused-ring (bicyclic) bond motifs is 2. The number of benzene rings is 2. The number of aromatic carboxylic acids is 1. The number of carbonyl (C=O) groups excluding carboxylic acids is 1. The Bertz CT molecular complexity index is 1310. The molecule has 1 amide bonds. The Morgan fingerprint density at radius 2 is 1.76 bits per heavy atom. The average Bonchev–Trinajstić information content (AvgIpc) is 3.18. The molecule has 1 atom stereocenters. The number of hydrogen-bond donors (Lipinski definition) is 2. The number of likely N-dealkylation sites (N-methyl/N-ethyl adjacent to an activating group) is 1. The van der Waals surface area contributed by atoms with Crippen LogP contribution < -0.4 is 5.32 Å². The van der Waals surface area contributed by atoms with Crippen LogP contribution in [-0.2, 0) is 19.3 Å². The molecular weight excluding hydrogens is 426 g/mol. The molecule has 1 aliphatic heterocycles. The molecule has 2 heterocycles. The van der Waals surface area contributed by atoms with Gasteiger partial charge in [0.2, 0.25) is 0 Å². The molecule has 0 saturated heterocycles. The number of pyridine rings is 1. The number of carboxylic acid groups (broad SMARTS) is 1. The molecule has 6 nitrogen and oxygen atoms in total. The van der Waals surface area contributed by atoms with Crippen LogP contribution in [0.4, 0.5) is 5.69 Å². The second-order valence-corrected chi connectivity index (χ2v) is 9.79. The minimum atomic E-state index is -1.07. The summed E-state index contributed by atoms with van der Waals surface area (Å²) < 4.78 is 0. The van der Waals surface area contributed by atoms with E-state index in [1.165, 1.54) is 11.1 Å². The Morgan fingerprint density at radius 3 is 2.41 bits per heavy atom. The van der Waals surface area contributed by atoms with Crippen molar-refractivity contribution in [1.82, 2.24) is 9.88 Å². The minimum Gasteiger partial charge on any atom is -0.476 e. The number of carboxylic acids is 1. The number of aryl methyl sites for hydroxylation is 2. The van der Waals surface area contributed by atoms with Crippen LogP contribution in [0.5, 0.6) is 0 Å². The van der Waals surface area contributed by atoms with Crippen molar-refractivity contribution >= 4 is 17.6 Å². The molecule has 2 aromatic carbocycles. The zero-order chi connectivity index (χ0) is 24.2. The maximum Gasteiger partial charge on any atom is 0.356 e. The van der Waals surface area contributed by atoms with E-state index in [0.29, 0.717) is 11.4 Å². The van der Waals surface area contributed by atoms with E-state index in [-0.39, 0.29) is 23.2 Å². The van der Waals surface area contributed by atoms with Gasteiger partial charge in [-0.15, -0.1) is 0 Å². The highest BCUT2D eigenvalue weighted by molar-refractivity contribution is 5.98. The van der Waals surface area contributed by atoms with Gasteiger partial charge in [0.15, 0.2) is 5.69 Å². The summed E-state index contributed by atoms with van der Waals surface area (Å²) >= 11 is 0. The molecule has 1 unspecified atom stereocenters. The van der Waals surface area contributed by atoms with Gasteiger partial charge in [-0.1, -0.05) is 30.3 Å². The van der Waals surface area contributed by atoms with Gasteiger partial charge >= 0.3 is 5.97 Å². The van der Waals surface area contributed by atoms with Gasteiger partial charge in [0.05, 0.1) is 11.2 Å². The smallest absolute Gasteiger partial charge is 0.356 e. The zero-order valence-electron chi connectivity index (χ0n) is 20.0. The van der Waals surface area contributed by atoms with Crippen LogP contribution in [0.25, 0.3) is 0 Å². The lowest BCUT2D eigenvalue weighted by atomic mass is 9.77. The molecule has 0 fully saturated rings. The van der Waals surface area contributed by atoms with E-state index >= 15 is 0 Å². The number of hydrogen-bond acceptors (Lipinski definition) is 4. The summed E-state index contributed by atoms with van der Waals surface area (Å²) in [5, 5.41) is 13.0. The molecule has 2 N–H and O–H groups in total. The molecule has 2 aliphatic rings. The summed E-state index contributed by atoms with van der Waals surface area (Å²) in [5.74, 6) is -1.02. The first-order valence-corrected chi connectivity index (χ1v) is 11.6. The summed E-state index contributed by atoms with van der Waals surface area (Å²) in [6, 6.07) is 15.9. The monoisotopic (exact) mass is 455 g/mol. The average molecular weight is 456 g/mol. The molecule has 34 heavy (non-hydrogen) atoms. The number of anilines is 1. The number of nitrogens with one attached hydrogen (secondary N) is 1. The lowest BCUT2D eigenvalue weighted by molar-refractivity contribution is 0.0533. The number of aromatic nitrogens is 1. The molecule has 0 radical (unpaired) electrons. The molecule has 1 spiro atoms. The Hall–Kier alpha value is -3.67. The maximum atomic E-state index is 13.6. The fraction of sp³-hybridized carbons (Fsp3) is 0.321. The van der Waals surface area contributed by atoms with Crippen molar-refractivity contribution in [2.45, 2.75) is 51.6 Å². The molecule has 0 saturated carbocycles. The molecule has 174 valence electrons. The Kier molecular flexibility index (Phi) is 5.19. The van der Waals surface area contributed by atoms with Gasteiger partial charge in [-0.05, 0) is 86.1 Å². The molecule has 1 aliphatic carbocycles. The van der Waals surface area contributed by atoms with E-state index in [1.54, 1.807) is 19.1 Å². The van der Waals surface area contributed by atoms with Crippen LogP contribution in [0.1, 0.15) is 67.3 Å². The molecule has 5 rings (SSSR count). The molecule has 0 bridgehead atoms. The van der Waals surface area contributed by atoms with Gasteiger partial charge in [-0.25, -0.2) is 9.78 Å². The second-order valence-electron chi connectivity index (χ2n) is 9.79. The van der Waals surface area contributed by atoms with E-state index in [1.807, 2.05) is 31.9 Å². The van der Waals surface area contributed by atoms with Crippen molar-refractivity contribution in [3.05, 3.63) is 93.3 Å². The zero-order valence-corrected chi connectivity index (χ0v) is 20.0. The van der Waals surface area contributed by atoms with Crippen molar-refractivity contribution < 1.29 is 14.7 Å². The van der Waals surface area contributed by atoms with Crippen LogP contribution in [0.2, 0.25) is 0 Å². The predicted octanol–water partition coefficient (Wildman–Crippen LogP) is 4.74. The largest absolute Gasteiger partial charge is 0.476 e. The maximum absolute atomic E-state index is 13.6. The van der Waals surface area contributed by atoms with Gasteiger partial charge in [0, 0.05) is 24.3 Å². The predicted molar refractivity (Wildman–Crippen MR) is 132 cm³/mol. The fourth-order valence-corrected chi connectivity index (χ4v) is 5.65. The first-order chi connectivity index (χ1) is 16.2. The molecule has 1 aromatic heterocycles. The third kappa shape index (κ3) is 3.54. The van der Waals surface area contributed by atoms with E-state index < -0.39 is 5.97 Å². The SMILES string of the molecule is Cc1cc2c(c(C(C)Nc3ccc(C)nc3C(=O)O)c1)CC1(Cc3ccccc3C1)N(C)C2=O. The molecular formula is C28H29N3O3. The van der Waals surface area contributed by atoms with Gasteiger partial charge < -0.3 is 15.3 Å². The lowest BCUT2D eigenvalue weighted by Gasteiger charge is -2.44. The number of carbonyl (C=O) groups is 2. The topological polar surface area (TPSA) is 82.5 Å². The number of nitrogens with zero attached hydrogens (tertiary/aromatic N) is 2. The van der Waals surface area contributed by atoms with Crippen molar-refractivity contribution in [1.29, 1.82) is 0 Å². The van der Waals surface area contributed by atoms with Crippen LogP contribution in [0.3, 0.4) is 0 Å². The second kappa shape index (κ2) is 7.97. The normalized spacial score (nSPS) is 16.8. The highest BCUT2D eigenvalue weighted by atomic mass is 16.4. The first kappa shape index (κ1) is 22.1. The third-order valence-electron chi connectivity index (χ3n) is 7.41. The van der Waals surface area contributed by atoms with Crippen LogP contribution in [0.15, 0.2) is 48.5 Å². The van der Waals surface area contributed by atoms with E-state index in [4.69, 9.17) is 0 Å². The highest BCUT2D eigenvalue weighted by Crippen LogP contribution is 2.43. The molecule has 6 heteroatoms. The fourth-order valence-electron chi connectivity index (χ4n) is 5.65. The van der Waals surface area contributed by atoms with Crippen molar-refractivity contribution in [3.8, 4) is 0 Å². The Labute approximate surface area is 199 Å². The van der Waals surface area contributed by atoms with Gasteiger partial charge in [-0.3, -0.25) is 4.79 Å². The minimum absolute atomic E-state index is 0.00638.